The van der Waals surface area contributed by atoms with E-state index in [-0.39, 0.29) is 11.9 Å². The Morgan fingerprint density at radius 3 is 3.00 bits per heavy atom. The zero-order valence-corrected chi connectivity index (χ0v) is 11.5. The minimum atomic E-state index is -0.0145. The van der Waals surface area contributed by atoms with Crippen LogP contribution in [0.2, 0.25) is 0 Å². The number of rotatable bonds is 6. The zero-order valence-electron chi connectivity index (χ0n) is 9.87. The summed E-state index contributed by atoms with van der Waals surface area (Å²) in [7, 11) is 0. The van der Waals surface area contributed by atoms with Gasteiger partial charge in [0.15, 0.2) is 0 Å². The van der Waals surface area contributed by atoms with Gasteiger partial charge in [0, 0.05) is 11.0 Å². The van der Waals surface area contributed by atoms with Gasteiger partial charge in [-0.3, -0.25) is 4.79 Å². The molecule has 92 valence electrons. The van der Waals surface area contributed by atoms with Crippen molar-refractivity contribution in [3.05, 3.63) is 47.0 Å². The van der Waals surface area contributed by atoms with Crippen LogP contribution in [0.25, 0.3) is 0 Å². The quantitative estimate of drug-likeness (QED) is 0.625. The Morgan fingerprint density at radius 1 is 1.59 bits per heavy atom. The highest BCUT2D eigenvalue weighted by molar-refractivity contribution is 9.10. The molecule has 17 heavy (non-hydrogen) atoms. The number of hydrogen-bond donors (Lipinski definition) is 2. The van der Waals surface area contributed by atoms with Gasteiger partial charge in [-0.2, -0.15) is 0 Å². The SMILES string of the molecule is C=CCNCC(=O)N[C@@H](C)c1cccc(Br)c1. The van der Waals surface area contributed by atoms with E-state index >= 15 is 0 Å². The van der Waals surface area contributed by atoms with Gasteiger partial charge in [0.25, 0.3) is 0 Å². The highest BCUT2D eigenvalue weighted by atomic mass is 79.9. The first-order valence-corrected chi connectivity index (χ1v) is 6.29. The van der Waals surface area contributed by atoms with Crippen molar-refractivity contribution in [1.29, 1.82) is 0 Å². The third-order valence-electron chi connectivity index (χ3n) is 2.30. The predicted molar refractivity (Wildman–Crippen MR) is 73.8 cm³/mol. The molecule has 0 aliphatic carbocycles. The lowest BCUT2D eigenvalue weighted by atomic mass is 10.1. The Bertz CT molecular complexity index is 393. The van der Waals surface area contributed by atoms with Crippen LogP contribution in [0, 0.1) is 0 Å². The number of amides is 1. The fourth-order valence-corrected chi connectivity index (χ4v) is 1.86. The smallest absolute Gasteiger partial charge is 0.234 e. The molecule has 0 bridgehead atoms. The van der Waals surface area contributed by atoms with Crippen molar-refractivity contribution in [3.63, 3.8) is 0 Å². The summed E-state index contributed by atoms with van der Waals surface area (Å²) in [5, 5.41) is 5.89. The Morgan fingerprint density at radius 2 is 2.35 bits per heavy atom. The highest BCUT2D eigenvalue weighted by Gasteiger charge is 2.08. The van der Waals surface area contributed by atoms with E-state index in [0.717, 1.165) is 10.0 Å². The maximum atomic E-state index is 11.6. The summed E-state index contributed by atoms with van der Waals surface area (Å²) in [5.74, 6) is -0.0145. The first-order chi connectivity index (χ1) is 8.13. The van der Waals surface area contributed by atoms with Crippen LogP contribution in [-0.4, -0.2) is 19.0 Å². The molecule has 4 heteroatoms. The van der Waals surface area contributed by atoms with Crippen molar-refractivity contribution in [2.75, 3.05) is 13.1 Å². The molecule has 0 unspecified atom stereocenters. The van der Waals surface area contributed by atoms with Gasteiger partial charge in [0.1, 0.15) is 0 Å². The van der Waals surface area contributed by atoms with Crippen molar-refractivity contribution in [3.8, 4) is 0 Å². The minimum absolute atomic E-state index is 0.00512. The molecule has 0 aliphatic heterocycles. The first-order valence-electron chi connectivity index (χ1n) is 5.50. The third kappa shape index (κ3) is 5.15. The summed E-state index contributed by atoms with van der Waals surface area (Å²) in [6, 6.07) is 7.92. The van der Waals surface area contributed by atoms with Gasteiger partial charge in [0.2, 0.25) is 5.91 Å². The predicted octanol–water partition coefficient (Wildman–Crippen LogP) is 2.40. The van der Waals surface area contributed by atoms with Gasteiger partial charge >= 0.3 is 0 Å². The minimum Gasteiger partial charge on any atom is -0.348 e. The lowest BCUT2D eigenvalue weighted by Crippen LogP contribution is -2.35. The number of halogens is 1. The van der Waals surface area contributed by atoms with E-state index in [1.165, 1.54) is 0 Å². The second-order valence-corrected chi connectivity index (χ2v) is 4.68. The number of nitrogens with one attached hydrogen (secondary N) is 2. The summed E-state index contributed by atoms with van der Waals surface area (Å²) < 4.78 is 1.01. The summed E-state index contributed by atoms with van der Waals surface area (Å²) in [4.78, 5) is 11.6. The van der Waals surface area contributed by atoms with Crippen LogP contribution in [0.4, 0.5) is 0 Å². The fourth-order valence-electron chi connectivity index (χ4n) is 1.44. The lowest BCUT2D eigenvalue weighted by molar-refractivity contribution is -0.120. The van der Waals surface area contributed by atoms with Crippen molar-refractivity contribution in [1.82, 2.24) is 10.6 Å². The molecule has 1 aromatic carbocycles. The fraction of sp³-hybridized carbons (Fsp3) is 0.308. The number of carbonyl (C=O) groups is 1. The summed E-state index contributed by atoms with van der Waals surface area (Å²) >= 11 is 3.41. The van der Waals surface area contributed by atoms with Crippen molar-refractivity contribution < 1.29 is 4.79 Å². The highest BCUT2D eigenvalue weighted by Crippen LogP contribution is 2.17. The third-order valence-corrected chi connectivity index (χ3v) is 2.79. The van der Waals surface area contributed by atoms with Crippen molar-refractivity contribution >= 4 is 21.8 Å². The summed E-state index contributed by atoms with van der Waals surface area (Å²) in [5.41, 5.74) is 1.08. The van der Waals surface area contributed by atoms with E-state index in [0.29, 0.717) is 13.1 Å². The molecule has 0 fully saturated rings. The molecule has 0 aromatic heterocycles. The van der Waals surface area contributed by atoms with Gasteiger partial charge in [-0.15, -0.1) is 6.58 Å². The van der Waals surface area contributed by atoms with E-state index in [2.05, 4.69) is 33.1 Å². The topological polar surface area (TPSA) is 41.1 Å². The average molecular weight is 297 g/mol. The van der Waals surface area contributed by atoms with Gasteiger partial charge in [-0.05, 0) is 24.6 Å². The molecule has 1 atom stereocenters. The molecule has 0 heterocycles. The Labute approximate surface area is 110 Å². The number of benzene rings is 1. The molecule has 3 nitrogen and oxygen atoms in total. The van der Waals surface area contributed by atoms with Crippen molar-refractivity contribution in [2.24, 2.45) is 0 Å². The van der Waals surface area contributed by atoms with Crippen molar-refractivity contribution in [2.45, 2.75) is 13.0 Å². The van der Waals surface area contributed by atoms with Crippen LogP contribution >= 0.6 is 15.9 Å². The van der Waals surface area contributed by atoms with Crippen LogP contribution < -0.4 is 10.6 Å². The molecule has 2 N–H and O–H groups in total. The van der Waals surface area contributed by atoms with E-state index in [4.69, 9.17) is 0 Å². The zero-order chi connectivity index (χ0) is 12.7. The second-order valence-electron chi connectivity index (χ2n) is 3.76. The molecular formula is C13H17BrN2O. The van der Waals surface area contributed by atoms with Gasteiger partial charge in [-0.1, -0.05) is 34.1 Å². The maximum Gasteiger partial charge on any atom is 0.234 e. The molecule has 1 aromatic rings. The second kappa shape index (κ2) is 7.25. The number of carbonyl (C=O) groups excluding carboxylic acids is 1. The molecular weight excluding hydrogens is 280 g/mol. The van der Waals surface area contributed by atoms with E-state index < -0.39 is 0 Å². The van der Waals surface area contributed by atoms with Crippen LogP contribution in [0.3, 0.4) is 0 Å². The van der Waals surface area contributed by atoms with E-state index in [9.17, 15) is 4.79 Å². The Hall–Kier alpha value is -1.13. The van der Waals surface area contributed by atoms with Crippen LogP contribution in [0.1, 0.15) is 18.5 Å². The molecule has 0 saturated carbocycles. The number of hydrogen-bond acceptors (Lipinski definition) is 2. The molecule has 0 radical (unpaired) electrons. The molecule has 1 rings (SSSR count). The van der Waals surface area contributed by atoms with Gasteiger partial charge in [-0.25, -0.2) is 0 Å². The Balaban J connectivity index is 2.45. The molecule has 0 spiro atoms. The average Bonchev–Trinajstić information content (AvgIpc) is 2.29. The standard InChI is InChI=1S/C13H17BrN2O/c1-3-7-15-9-13(17)16-10(2)11-5-4-6-12(14)8-11/h3-6,8,10,15H,1,7,9H2,2H3,(H,16,17)/t10-/m0/s1. The van der Waals surface area contributed by atoms with Gasteiger partial charge < -0.3 is 10.6 Å². The van der Waals surface area contributed by atoms with Crippen LogP contribution in [-0.2, 0) is 4.79 Å². The van der Waals surface area contributed by atoms with E-state index in [1.807, 2.05) is 31.2 Å². The first kappa shape index (κ1) is 13.9. The monoisotopic (exact) mass is 296 g/mol. The maximum absolute atomic E-state index is 11.6. The van der Waals surface area contributed by atoms with Crippen LogP contribution in [0.15, 0.2) is 41.4 Å². The van der Waals surface area contributed by atoms with Gasteiger partial charge in [0.05, 0.1) is 12.6 Å². The largest absolute Gasteiger partial charge is 0.348 e. The van der Waals surface area contributed by atoms with Crippen LogP contribution in [0.5, 0.6) is 0 Å². The molecule has 0 saturated heterocycles. The normalized spacial score (nSPS) is 11.9. The molecule has 0 aliphatic rings. The Kier molecular flexibility index (Phi) is 5.94. The molecule has 1 amide bonds. The van der Waals surface area contributed by atoms with E-state index in [1.54, 1.807) is 6.08 Å². The summed E-state index contributed by atoms with van der Waals surface area (Å²) in [6.07, 6.45) is 1.73. The lowest BCUT2D eigenvalue weighted by Gasteiger charge is -2.14. The summed E-state index contributed by atoms with van der Waals surface area (Å²) in [6.45, 7) is 6.49.